The molecule has 0 radical (unpaired) electrons. The van der Waals surface area contributed by atoms with Crippen LogP contribution in [-0.4, -0.2) is 17.9 Å². The molecule has 0 N–H and O–H groups in total. The molecule has 2 aliphatic rings. The lowest BCUT2D eigenvalue weighted by Gasteiger charge is -2.31. The van der Waals surface area contributed by atoms with Crippen LogP contribution in [0.1, 0.15) is 114 Å². The average Bonchev–Trinajstić information content (AvgIpc) is 3.22. The van der Waals surface area contributed by atoms with Crippen LogP contribution in [-0.2, 0) is 21.6 Å². The fourth-order valence-electron chi connectivity index (χ4n) is 6.70. The predicted molar refractivity (Wildman–Crippen MR) is 165 cm³/mol. The third kappa shape index (κ3) is 8.51. The first-order chi connectivity index (χ1) is 19.3. The zero-order valence-electron chi connectivity index (χ0n) is 25.8. The van der Waals surface area contributed by atoms with Crippen LogP contribution in [0.25, 0.3) is 5.57 Å². The van der Waals surface area contributed by atoms with Gasteiger partial charge in [-0.1, -0.05) is 57.9 Å². The number of aryl methyl sites for hydroxylation is 1. The van der Waals surface area contributed by atoms with Crippen LogP contribution in [0.15, 0.2) is 48.9 Å². The number of alkyl halides is 1. The van der Waals surface area contributed by atoms with E-state index in [4.69, 9.17) is 4.74 Å². The summed E-state index contributed by atoms with van der Waals surface area (Å²) in [7, 11) is 1.69. The van der Waals surface area contributed by atoms with Gasteiger partial charge in [0.25, 0.3) is 0 Å². The summed E-state index contributed by atoms with van der Waals surface area (Å²) in [4.78, 5) is 17.9. The van der Waals surface area contributed by atoms with Crippen molar-refractivity contribution in [2.75, 3.05) is 7.11 Å². The molecule has 2 saturated carbocycles. The summed E-state index contributed by atoms with van der Waals surface area (Å²) < 4.78 is 20.2. The van der Waals surface area contributed by atoms with Gasteiger partial charge in [0.1, 0.15) is 11.5 Å². The van der Waals surface area contributed by atoms with Gasteiger partial charge in [0.2, 0.25) is 0 Å². The molecule has 2 fully saturated rings. The van der Waals surface area contributed by atoms with Crippen LogP contribution in [0.5, 0.6) is 0 Å². The Morgan fingerprint density at radius 2 is 1.60 bits per heavy atom. The summed E-state index contributed by atoms with van der Waals surface area (Å²) in [5.74, 6) is 1.99. The highest BCUT2D eigenvalue weighted by Gasteiger charge is 2.33. The Hall–Kier alpha value is -2.49. The predicted octanol–water partition coefficient (Wildman–Crippen LogP) is 9.81. The highest BCUT2D eigenvalue weighted by molar-refractivity contribution is 5.83. The lowest BCUT2D eigenvalue weighted by molar-refractivity contribution is -0.128. The van der Waals surface area contributed by atoms with Gasteiger partial charge in [0.05, 0.1) is 13.4 Å². The van der Waals surface area contributed by atoms with E-state index in [0.717, 1.165) is 74.6 Å². The molecule has 0 amide bonds. The largest absolute Gasteiger partial charge is 0.504 e. The zero-order valence-corrected chi connectivity index (χ0v) is 25.8. The number of halogens is 1. The second-order valence-electron chi connectivity index (χ2n) is 12.0. The molecule has 3 unspecified atom stereocenters. The Balaban J connectivity index is 0.00000216. The van der Waals surface area contributed by atoms with Gasteiger partial charge in [-0.3, -0.25) is 9.78 Å². The van der Waals surface area contributed by atoms with Crippen LogP contribution < -0.4 is 0 Å². The van der Waals surface area contributed by atoms with Gasteiger partial charge >= 0.3 is 0 Å². The molecule has 1 heterocycles. The Morgan fingerprint density at radius 1 is 0.975 bits per heavy atom. The molecule has 1 aromatic heterocycles. The normalized spacial score (nSPS) is 25.1. The van der Waals surface area contributed by atoms with Crippen molar-refractivity contribution >= 4 is 11.4 Å². The standard InChI is InChI=1S/C34H46FNO2.C2H6/c1-5-34(3,35)31-17-15-28(16-18-31)32(23-38-4)27-11-13-30(14-12-27)33(37)29-8-6-7-25(9-10-29)22-26-19-20-36-24(2)21-26;1-2/h15-21,23,25,27,29-30H,5-14,22H2,1-4H3;1-2H3/b32-23+;. The number of Topliss-reactive ketones (excluding diaryl/α,β-unsaturated/α-hetero) is 1. The minimum Gasteiger partial charge on any atom is -0.504 e. The van der Waals surface area contributed by atoms with Crippen LogP contribution >= 0.6 is 0 Å². The highest BCUT2D eigenvalue weighted by Crippen LogP contribution is 2.41. The molecule has 2 aliphatic carbocycles. The summed E-state index contributed by atoms with van der Waals surface area (Å²) >= 11 is 0. The first-order valence-electron chi connectivity index (χ1n) is 15.8. The minimum absolute atomic E-state index is 0.193. The number of aromatic nitrogens is 1. The summed E-state index contributed by atoms with van der Waals surface area (Å²) in [6.07, 6.45) is 14.9. The first kappa shape index (κ1) is 32.0. The fourth-order valence-corrected chi connectivity index (χ4v) is 6.70. The van der Waals surface area contributed by atoms with Gasteiger partial charge < -0.3 is 4.74 Å². The van der Waals surface area contributed by atoms with Crippen molar-refractivity contribution in [1.82, 2.24) is 4.98 Å². The number of ether oxygens (including phenoxy) is 1. The molecule has 1 aromatic carbocycles. The number of hydrogen-bond donors (Lipinski definition) is 0. The second-order valence-corrected chi connectivity index (χ2v) is 12.0. The lowest BCUT2D eigenvalue weighted by Crippen LogP contribution is -2.28. The van der Waals surface area contributed by atoms with E-state index in [-0.39, 0.29) is 11.8 Å². The number of allylic oxidation sites excluding steroid dienone is 1. The van der Waals surface area contributed by atoms with Gasteiger partial charge in [-0.2, -0.15) is 0 Å². The van der Waals surface area contributed by atoms with Crippen LogP contribution in [0.3, 0.4) is 0 Å². The molecule has 3 atom stereocenters. The van der Waals surface area contributed by atoms with Crippen molar-refractivity contribution in [3.63, 3.8) is 0 Å². The number of carbonyl (C=O) groups excluding carboxylic acids is 1. The van der Waals surface area contributed by atoms with E-state index in [2.05, 4.69) is 24.0 Å². The molecular formula is C36H52FNO2. The summed E-state index contributed by atoms with van der Waals surface area (Å²) in [5.41, 5.74) is 4.14. The second kappa shape index (κ2) is 15.5. The molecule has 4 heteroatoms. The third-order valence-corrected chi connectivity index (χ3v) is 9.27. The van der Waals surface area contributed by atoms with E-state index in [9.17, 15) is 9.18 Å². The molecule has 2 aromatic rings. The molecule has 220 valence electrons. The number of benzene rings is 1. The molecule has 40 heavy (non-hydrogen) atoms. The van der Waals surface area contributed by atoms with Crippen LogP contribution in [0.4, 0.5) is 4.39 Å². The number of methoxy groups -OCH3 is 1. The molecule has 0 bridgehead atoms. The van der Waals surface area contributed by atoms with Gasteiger partial charge in [-0.25, -0.2) is 4.39 Å². The maximum atomic E-state index is 14.7. The van der Waals surface area contributed by atoms with Crippen molar-refractivity contribution in [3.8, 4) is 0 Å². The van der Waals surface area contributed by atoms with E-state index in [1.165, 1.54) is 17.6 Å². The number of nitrogens with zero attached hydrogens (tertiary/aromatic N) is 1. The molecule has 3 nitrogen and oxygen atoms in total. The number of carbonyl (C=O) groups is 1. The zero-order chi connectivity index (χ0) is 29.1. The van der Waals surface area contributed by atoms with E-state index in [0.29, 0.717) is 24.0 Å². The number of hydrogen-bond acceptors (Lipinski definition) is 3. The average molecular weight is 550 g/mol. The SMILES string of the molecule is CC.CCC(C)(F)c1ccc(/C(=C/OC)C2CCC(C(=O)C3CCCC(Cc4ccnc(C)c4)CC3)CC2)cc1. The number of ketones is 1. The van der Waals surface area contributed by atoms with Crippen LogP contribution in [0, 0.1) is 30.6 Å². The Kier molecular flexibility index (Phi) is 12.4. The molecule has 0 spiro atoms. The van der Waals surface area contributed by atoms with Crippen molar-refractivity contribution < 1.29 is 13.9 Å². The monoisotopic (exact) mass is 549 g/mol. The third-order valence-electron chi connectivity index (χ3n) is 9.27. The molecule has 4 rings (SSSR count). The van der Waals surface area contributed by atoms with Crippen molar-refractivity contribution in [2.45, 2.75) is 111 Å². The van der Waals surface area contributed by atoms with Crippen LogP contribution in [0.2, 0.25) is 0 Å². The molecular weight excluding hydrogens is 497 g/mol. The quantitative estimate of drug-likeness (QED) is 0.231. The van der Waals surface area contributed by atoms with E-state index < -0.39 is 5.67 Å². The Labute approximate surface area is 243 Å². The van der Waals surface area contributed by atoms with E-state index >= 15 is 0 Å². The van der Waals surface area contributed by atoms with Crippen molar-refractivity contribution in [3.05, 3.63) is 71.2 Å². The van der Waals surface area contributed by atoms with Gasteiger partial charge in [-0.15, -0.1) is 0 Å². The fraction of sp³-hybridized carbons (Fsp3) is 0.611. The van der Waals surface area contributed by atoms with E-state index in [1.54, 1.807) is 14.0 Å². The Morgan fingerprint density at radius 3 is 2.23 bits per heavy atom. The summed E-state index contributed by atoms with van der Waals surface area (Å²) in [6.45, 7) is 9.57. The Bertz CT molecular complexity index is 1080. The van der Waals surface area contributed by atoms with Gasteiger partial charge in [0, 0.05) is 23.7 Å². The summed E-state index contributed by atoms with van der Waals surface area (Å²) in [5, 5.41) is 0. The first-order valence-corrected chi connectivity index (χ1v) is 15.8. The highest BCUT2D eigenvalue weighted by atomic mass is 19.1. The smallest absolute Gasteiger partial charge is 0.139 e. The van der Waals surface area contributed by atoms with E-state index in [1.807, 2.05) is 57.5 Å². The van der Waals surface area contributed by atoms with Crippen molar-refractivity contribution in [2.24, 2.45) is 23.7 Å². The summed E-state index contributed by atoms with van der Waals surface area (Å²) in [6, 6.07) is 12.2. The molecule has 0 saturated heterocycles. The number of pyridine rings is 1. The maximum Gasteiger partial charge on any atom is 0.139 e. The maximum absolute atomic E-state index is 14.7. The van der Waals surface area contributed by atoms with Crippen molar-refractivity contribution in [1.29, 1.82) is 0 Å². The number of rotatable bonds is 9. The minimum atomic E-state index is -1.31. The molecule has 0 aliphatic heterocycles. The topological polar surface area (TPSA) is 39.2 Å². The lowest BCUT2D eigenvalue weighted by atomic mass is 9.73. The van der Waals surface area contributed by atoms with Gasteiger partial charge in [0.15, 0.2) is 0 Å². The van der Waals surface area contributed by atoms with Gasteiger partial charge in [-0.05, 0) is 118 Å².